The first-order valence-electron chi connectivity index (χ1n) is 45.6. The summed E-state index contributed by atoms with van der Waals surface area (Å²) in [5.74, 6) is -0.429. The number of carbonyl (C=O) groups is 4. The number of phosphoric acid groups is 2. The van der Waals surface area contributed by atoms with Crippen LogP contribution in [0.2, 0.25) is 0 Å². The molecule has 0 rings (SSSR count). The van der Waals surface area contributed by atoms with Crippen molar-refractivity contribution in [2.45, 2.75) is 490 Å². The van der Waals surface area contributed by atoms with Crippen molar-refractivity contribution in [2.24, 2.45) is 11.8 Å². The third-order valence-electron chi connectivity index (χ3n) is 21.4. The first-order valence-corrected chi connectivity index (χ1v) is 48.6. The van der Waals surface area contributed by atoms with Gasteiger partial charge in [0.15, 0.2) is 12.2 Å². The molecule has 0 aromatic heterocycles. The molecule has 0 aliphatic carbocycles. The molecule has 0 radical (unpaired) electrons. The van der Waals surface area contributed by atoms with Crippen molar-refractivity contribution in [3.63, 3.8) is 0 Å². The molecule has 0 amide bonds. The lowest BCUT2D eigenvalue weighted by atomic mass is 9.99. The molecule has 0 saturated heterocycles. The molecule has 0 aliphatic rings. The van der Waals surface area contributed by atoms with Crippen molar-refractivity contribution >= 4 is 39.5 Å². The molecular weight excluding hydrogens is 1390 g/mol. The Bertz CT molecular complexity index is 2050. The number of aliphatic hydroxyl groups is 1. The van der Waals surface area contributed by atoms with E-state index in [4.69, 9.17) is 37.0 Å². The van der Waals surface area contributed by atoms with E-state index in [2.05, 4.69) is 41.5 Å². The van der Waals surface area contributed by atoms with E-state index in [1.54, 1.807) is 0 Å². The summed E-state index contributed by atoms with van der Waals surface area (Å²) in [4.78, 5) is 73.2. The lowest BCUT2D eigenvalue weighted by molar-refractivity contribution is -0.161. The van der Waals surface area contributed by atoms with Gasteiger partial charge in [-0.15, -0.1) is 0 Å². The van der Waals surface area contributed by atoms with Gasteiger partial charge in [0.2, 0.25) is 0 Å². The summed E-state index contributed by atoms with van der Waals surface area (Å²) in [5, 5.41) is 10.7. The fourth-order valence-electron chi connectivity index (χ4n) is 13.7. The summed E-state index contributed by atoms with van der Waals surface area (Å²) < 4.78 is 68.9. The van der Waals surface area contributed by atoms with E-state index in [9.17, 15) is 43.2 Å². The standard InChI is InChI=1S/C88H172O17P2/c1-7-11-13-15-17-19-20-21-22-23-24-25-26-27-31-34-37-40-47-53-59-65-71-86(91)99-77-84(104-87(92)72-66-60-54-48-41-38-35-32-29-28-30-33-36-39-45-50-56-62-68-80(5)9-3)79-103-107(96,97)101-75-82(89)74-100-106(94,95)102-78-83(76-98-85(90)70-64-58-52-44-18-16-14-12-8-2)105-88(93)73-67-61-55-49-43-42-46-51-57-63-69-81(6)10-4/h80-84,89H,7-79H2,1-6H3,(H,94,95)(H,96,97)/t80?,81?,82-,83+,84+/m0/s1. The number of phosphoric ester groups is 2. The van der Waals surface area contributed by atoms with Crippen LogP contribution >= 0.6 is 15.6 Å². The van der Waals surface area contributed by atoms with Gasteiger partial charge in [-0.05, 0) is 37.5 Å². The van der Waals surface area contributed by atoms with Crippen molar-refractivity contribution in [2.75, 3.05) is 39.6 Å². The fourth-order valence-corrected chi connectivity index (χ4v) is 15.3. The van der Waals surface area contributed by atoms with Gasteiger partial charge in [0.25, 0.3) is 0 Å². The molecule has 0 heterocycles. The molecule has 4 unspecified atom stereocenters. The monoisotopic (exact) mass is 1560 g/mol. The van der Waals surface area contributed by atoms with E-state index in [1.165, 1.54) is 289 Å². The first-order chi connectivity index (χ1) is 51.9. The maximum atomic E-state index is 13.2. The minimum atomic E-state index is -4.97. The lowest BCUT2D eigenvalue weighted by Crippen LogP contribution is -2.30. The number of rotatable bonds is 87. The van der Waals surface area contributed by atoms with Crippen molar-refractivity contribution in [3.8, 4) is 0 Å². The Hall–Kier alpha value is -1.94. The Labute approximate surface area is 658 Å². The summed E-state index contributed by atoms with van der Waals surface area (Å²) >= 11 is 0. The molecule has 0 aromatic carbocycles. The summed E-state index contributed by atoms with van der Waals surface area (Å²) in [6, 6.07) is 0. The average molecular weight is 1560 g/mol. The third kappa shape index (κ3) is 79.1. The number of hydrogen-bond donors (Lipinski definition) is 3. The van der Waals surface area contributed by atoms with Crippen molar-refractivity contribution in [1.29, 1.82) is 0 Å². The van der Waals surface area contributed by atoms with Gasteiger partial charge in [-0.25, -0.2) is 9.13 Å². The van der Waals surface area contributed by atoms with Gasteiger partial charge >= 0.3 is 39.5 Å². The molecule has 7 atom stereocenters. The highest BCUT2D eigenvalue weighted by atomic mass is 31.2. The number of hydrogen-bond acceptors (Lipinski definition) is 15. The van der Waals surface area contributed by atoms with Crippen molar-refractivity contribution < 1.29 is 80.2 Å². The van der Waals surface area contributed by atoms with E-state index in [-0.39, 0.29) is 25.7 Å². The Kier molecular flexibility index (Phi) is 77.9. The number of carbonyl (C=O) groups excluding carboxylic acids is 4. The molecule has 0 aromatic rings. The van der Waals surface area contributed by atoms with Gasteiger partial charge in [0.1, 0.15) is 19.3 Å². The van der Waals surface area contributed by atoms with Crippen LogP contribution < -0.4 is 0 Å². The molecule has 3 N–H and O–H groups in total. The molecule has 19 heteroatoms. The lowest BCUT2D eigenvalue weighted by Gasteiger charge is -2.21. The second-order valence-electron chi connectivity index (χ2n) is 32.1. The average Bonchev–Trinajstić information content (AvgIpc) is 0.934. The molecule has 0 spiro atoms. The van der Waals surface area contributed by atoms with Crippen molar-refractivity contribution in [1.82, 2.24) is 0 Å². The van der Waals surface area contributed by atoms with Crippen LogP contribution in [0.1, 0.15) is 472 Å². The molecule has 0 saturated carbocycles. The zero-order valence-electron chi connectivity index (χ0n) is 70.5. The van der Waals surface area contributed by atoms with Crippen LogP contribution in [-0.2, 0) is 65.4 Å². The summed E-state index contributed by atoms with van der Waals surface area (Å²) in [5.41, 5.74) is 0. The SMILES string of the molecule is CCCCCCCCCCCCCCCCCCCCCCCCC(=O)OC[C@H](COP(=O)(O)OC[C@@H](O)COP(=O)(O)OC[C@@H](COC(=O)CCCCCCCCCCC)OC(=O)CCCCCCCCCCCCC(C)CC)OC(=O)CCCCCCCCCCCCCCCCCCCCC(C)CC. The predicted octanol–water partition coefficient (Wildman–Crippen LogP) is 27.0. The number of unbranched alkanes of at least 4 members (excludes halogenated alkanes) is 55. The fraction of sp³-hybridized carbons (Fsp3) is 0.955. The Morgan fingerprint density at radius 2 is 0.449 bits per heavy atom. The second-order valence-corrected chi connectivity index (χ2v) is 35.0. The molecule has 0 bridgehead atoms. The largest absolute Gasteiger partial charge is 0.472 e. The van der Waals surface area contributed by atoms with Crippen LogP contribution in [-0.4, -0.2) is 96.7 Å². The third-order valence-corrected chi connectivity index (χ3v) is 23.3. The zero-order valence-corrected chi connectivity index (χ0v) is 72.2. The quantitative estimate of drug-likeness (QED) is 0.0222. The summed E-state index contributed by atoms with van der Waals surface area (Å²) in [6.45, 7) is 9.75. The highest BCUT2D eigenvalue weighted by Crippen LogP contribution is 2.45. The van der Waals surface area contributed by atoms with E-state index in [0.29, 0.717) is 25.7 Å². The molecule has 0 fully saturated rings. The van der Waals surface area contributed by atoms with Crippen LogP contribution in [0, 0.1) is 11.8 Å². The smallest absolute Gasteiger partial charge is 0.462 e. The second kappa shape index (κ2) is 79.3. The van der Waals surface area contributed by atoms with E-state index >= 15 is 0 Å². The normalized spacial score (nSPS) is 14.3. The highest BCUT2D eigenvalue weighted by molar-refractivity contribution is 7.47. The Morgan fingerprint density at radius 1 is 0.262 bits per heavy atom. The minimum absolute atomic E-state index is 0.107. The molecular formula is C88H172O17P2. The van der Waals surface area contributed by atoms with Gasteiger partial charge in [0, 0.05) is 25.7 Å². The van der Waals surface area contributed by atoms with Gasteiger partial charge < -0.3 is 33.8 Å². The highest BCUT2D eigenvalue weighted by Gasteiger charge is 2.31. The van der Waals surface area contributed by atoms with Crippen LogP contribution in [0.25, 0.3) is 0 Å². The van der Waals surface area contributed by atoms with Crippen LogP contribution in [0.15, 0.2) is 0 Å². The first kappa shape index (κ1) is 105. The van der Waals surface area contributed by atoms with Gasteiger partial charge in [0.05, 0.1) is 26.4 Å². The van der Waals surface area contributed by atoms with E-state index < -0.39 is 97.5 Å². The van der Waals surface area contributed by atoms with E-state index in [1.807, 2.05) is 0 Å². The molecule has 107 heavy (non-hydrogen) atoms. The Morgan fingerprint density at radius 3 is 0.664 bits per heavy atom. The Balaban J connectivity index is 5.19. The van der Waals surface area contributed by atoms with Crippen LogP contribution in [0.3, 0.4) is 0 Å². The summed E-state index contributed by atoms with van der Waals surface area (Å²) in [7, 11) is -9.93. The number of ether oxygens (including phenoxy) is 4. The maximum Gasteiger partial charge on any atom is 0.472 e. The topological polar surface area (TPSA) is 237 Å². The van der Waals surface area contributed by atoms with Crippen molar-refractivity contribution in [3.05, 3.63) is 0 Å². The van der Waals surface area contributed by atoms with Crippen LogP contribution in [0.5, 0.6) is 0 Å². The van der Waals surface area contributed by atoms with Gasteiger partial charge in [-0.1, -0.05) is 420 Å². The number of esters is 4. The van der Waals surface area contributed by atoms with Gasteiger partial charge in [-0.3, -0.25) is 37.3 Å². The van der Waals surface area contributed by atoms with Gasteiger partial charge in [-0.2, -0.15) is 0 Å². The zero-order chi connectivity index (χ0) is 78.5. The minimum Gasteiger partial charge on any atom is -0.462 e. The molecule has 0 aliphatic heterocycles. The maximum absolute atomic E-state index is 13.2. The predicted molar refractivity (Wildman–Crippen MR) is 442 cm³/mol. The van der Waals surface area contributed by atoms with Crippen LogP contribution in [0.4, 0.5) is 0 Å². The van der Waals surface area contributed by atoms with E-state index in [0.717, 1.165) is 102 Å². The number of aliphatic hydroxyl groups excluding tert-OH is 1. The molecule has 17 nitrogen and oxygen atoms in total. The summed E-state index contributed by atoms with van der Waals surface area (Å²) in [6.07, 6.45) is 72.3. The molecule has 636 valence electrons.